The fraction of sp³-hybridized carbons (Fsp3) is 0.600. The van der Waals surface area contributed by atoms with Gasteiger partial charge in [-0.2, -0.15) is 0 Å². The SMILES string of the molecule is CN(CC1CC2CCC1C2)c1cc(S(N)(=O)=O)ccc1N. The van der Waals surface area contributed by atoms with Crippen LogP contribution in [0.25, 0.3) is 0 Å². The van der Waals surface area contributed by atoms with E-state index in [9.17, 15) is 8.42 Å². The first kappa shape index (κ1) is 14.7. The second-order valence-electron chi connectivity index (χ2n) is 6.58. The standard InChI is InChI=1S/C15H23N3O2S/c1-18(9-12-7-10-2-3-11(12)6-10)15-8-13(21(17,19)20)4-5-14(15)16/h4-5,8,10-12H,2-3,6-7,9,16H2,1H3,(H2,17,19,20). The van der Waals surface area contributed by atoms with E-state index in [1.54, 1.807) is 12.1 Å². The van der Waals surface area contributed by atoms with Crippen molar-refractivity contribution in [2.75, 3.05) is 24.2 Å². The number of nitrogen functional groups attached to an aromatic ring is 1. The number of anilines is 2. The van der Waals surface area contributed by atoms with Crippen LogP contribution < -0.4 is 15.8 Å². The topological polar surface area (TPSA) is 89.4 Å². The third kappa shape index (κ3) is 2.87. The maximum absolute atomic E-state index is 11.5. The van der Waals surface area contributed by atoms with E-state index in [1.807, 2.05) is 7.05 Å². The number of nitrogens with zero attached hydrogens (tertiary/aromatic N) is 1. The zero-order valence-electron chi connectivity index (χ0n) is 12.3. The van der Waals surface area contributed by atoms with E-state index in [0.717, 1.165) is 24.1 Å². The van der Waals surface area contributed by atoms with Crippen LogP contribution in [0, 0.1) is 17.8 Å². The van der Waals surface area contributed by atoms with Crippen molar-refractivity contribution in [1.82, 2.24) is 0 Å². The van der Waals surface area contributed by atoms with Crippen molar-refractivity contribution in [3.8, 4) is 0 Å². The monoisotopic (exact) mass is 309 g/mol. The van der Waals surface area contributed by atoms with Gasteiger partial charge in [-0.05, 0) is 55.2 Å². The quantitative estimate of drug-likeness (QED) is 0.830. The fourth-order valence-electron chi connectivity index (χ4n) is 4.08. The zero-order valence-corrected chi connectivity index (χ0v) is 13.1. The summed E-state index contributed by atoms with van der Waals surface area (Å²) in [5, 5.41) is 5.20. The van der Waals surface area contributed by atoms with Gasteiger partial charge in [0.25, 0.3) is 0 Å². The van der Waals surface area contributed by atoms with E-state index in [4.69, 9.17) is 10.9 Å². The minimum absolute atomic E-state index is 0.117. The molecule has 3 rings (SSSR count). The van der Waals surface area contributed by atoms with Gasteiger partial charge in [0.05, 0.1) is 16.3 Å². The number of hydrogen-bond donors (Lipinski definition) is 2. The Balaban J connectivity index is 1.79. The third-order valence-corrected chi connectivity index (χ3v) is 6.05. The van der Waals surface area contributed by atoms with Crippen LogP contribution in [0.4, 0.5) is 11.4 Å². The van der Waals surface area contributed by atoms with Crippen LogP contribution in [0.3, 0.4) is 0 Å². The molecule has 0 radical (unpaired) electrons. The number of nitrogens with two attached hydrogens (primary N) is 2. The third-order valence-electron chi connectivity index (χ3n) is 5.13. The molecule has 2 saturated carbocycles. The largest absolute Gasteiger partial charge is 0.397 e. The summed E-state index contributed by atoms with van der Waals surface area (Å²) in [7, 11) is -1.72. The first-order valence-electron chi connectivity index (χ1n) is 7.48. The molecule has 0 spiro atoms. The molecule has 0 aliphatic heterocycles. The molecule has 0 aromatic heterocycles. The van der Waals surface area contributed by atoms with Gasteiger partial charge in [-0.15, -0.1) is 0 Å². The van der Waals surface area contributed by atoms with E-state index >= 15 is 0 Å². The van der Waals surface area contributed by atoms with Crippen LogP contribution in [-0.2, 0) is 10.0 Å². The lowest BCUT2D eigenvalue weighted by atomic mass is 9.88. The lowest BCUT2D eigenvalue weighted by Crippen LogP contribution is -2.29. The van der Waals surface area contributed by atoms with Crippen molar-refractivity contribution in [2.24, 2.45) is 22.9 Å². The zero-order chi connectivity index (χ0) is 15.2. The highest BCUT2D eigenvalue weighted by Crippen LogP contribution is 2.48. The van der Waals surface area contributed by atoms with Crippen molar-refractivity contribution in [3.05, 3.63) is 18.2 Å². The predicted octanol–water partition coefficient (Wildman–Crippen LogP) is 1.79. The molecule has 6 heteroatoms. The smallest absolute Gasteiger partial charge is 0.238 e. The molecule has 3 unspecified atom stereocenters. The minimum atomic E-state index is -3.69. The van der Waals surface area contributed by atoms with Crippen LogP contribution >= 0.6 is 0 Å². The van der Waals surface area contributed by atoms with E-state index in [2.05, 4.69) is 4.90 Å². The van der Waals surface area contributed by atoms with Crippen molar-refractivity contribution in [2.45, 2.75) is 30.6 Å². The Labute approximate surface area is 126 Å². The Hall–Kier alpha value is -1.27. The Morgan fingerprint density at radius 2 is 2.05 bits per heavy atom. The molecule has 4 N–H and O–H groups in total. The first-order valence-corrected chi connectivity index (χ1v) is 9.02. The van der Waals surface area contributed by atoms with Gasteiger partial charge in [0, 0.05) is 13.6 Å². The van der Waals surface area contributed by atoms with Gasteiger partial charge in [0.15, 0.2) is 0 Å². The number of rotatable bonds is 4. The second kappa shape index (κ2) is 5.18. The molecule has 1 aromatic carbocycles. The lowest BCUT2D eigenvalue weighted by molar-refractivity contribution is 0.337. The number of hydrogen-bond acceptors (Lipinski definition) is 4. The molecular formula is C15H23N3O2S. The highest BCUT2D eigenvalue weighted by atomic mass is 32.2. The fourth-order valence-corrected chi connectivity index (χ4v) is 4.61. The molecule has 21 heavy (non-hydrogen) atoms. The second-order valence-corrected chi connectivity index (χ2v) is 8.14. The van der Waals surface area contributed by atoms with E-state index in [-0.39, 0.29) is 4.90 Å². The molecule has 2 aliphatic rings. The lowest BCUT2D eigenvalue weighted by Gasteiger charge is -2.29. The van der Waals surface area contributed by atoms with Crippen molar-refractivity contribution in [1.29, 1.82) is 0 Å². The average Bonchev–Trinajstić information content (AvgIpc) is 2.99. The molecule has 1 aromatic rings. The molecule has 0 amide bonds. The van der Waals surface area contributed by atoms with Gasteiger partial charge in [-0.1, -0.05) is 6.42 Å². The van der Waals surface area contributed by atoms with Gasteiger partial charge in [0.1, 0.15) is 0 Å². The molecule has 5 nitrogen and oxygen atoms in total. The van der Waals surface area contributed by atoms with Crippen LogP contribution in [-0.4, -0.2) is 22.0 Å². The molecular weight excluding hydrogens is 286 g/mol. The predicted molar refractivity (Wildman–Crippen MR) is 84.4 cm³/mol. The number of sulfonamides is 1. The average molecular weight is 309 g/mol. The summed E-state index contributed by atoms with van der Waals surface area (Å²) in [4.78, 5) is 2.20. The molecule has 116 valence electrons. The summed E-state index contributed by atoms with van der Waals surface area (Å²) in [6.07, 6.45) is 5.39. The Morgan fingerprint density at radius 1 is 1.29 bits per heavy atom. The molecule has 0 saturated heterocycles. The van der Waals surface area contributed by atoms with Crippen molar-refractivity contribution >= 4 is 21.4 Å². The summed E-state index contributed by atoms with van der Waals surface area (Å²) in [6.45, 7) is 0.930. The number of fused-ring (bicyclic) bond motifs is 2. The number of benzene rings is 1. The van der Waals surface area contributed by atoms with Crippen LogP contribution in [0.5, 0.6) is 0 Å². The van der Waals surface area contributed by atoms with Crippen LogP contribution in [0.15, 0.2) is 23.1 Å². The summed E-state index contributed by atoms with van der Waals surface area (Å²) in [5.74, 6) is 2.44. The normalized spacial score (nSPS) is 28.0. The molecule has 2 aliphatic carbocycles. The van der Waals surface area contributed by atoms with E-state index in [0.29, 0.717) is 11.6 Å². The van der Waals surface area contributed by atoms with E-state index in [1.165, 1.54) is 31.7 Å². The van der Waals surface area contributed by atoms with Crippen molar-refractivity contribution < 1.29 is 8.42 Å². The van der Waals surface area contributed by atoms with Crippen LogP contribution in [0.2, 0.25) is 0 Å². The van der Waals surface area contributed by atoms with Gasteiger partial charge in [0.2, 0.25) is 10.0 Å². The Bertz CT molecular complexity index is 644. The highest BCUT2D eigenvalue weighted by molar-refractivity contribution is 7.89. The van der Waals surface area contributed by atoms with Gasteiger partial charge in [-0.3, -0.25) is 0 Å². The molecule has 0 heterocycles. The first-order chi connectivity index (χ1) is 9.84. The minimum Gasteiger partial charge on any atom is -0.397 e. The summed E-state index contributed by atoms with van der Waals surface area (Å²) in [6, 6.07) is 4.66. The number of primary sulfonamides is 1. The molecule has 2 bridgehead atoms. The van der Waals surface area contributed by atoms with Gasteiger partial charge in [-0.25, -0.2) is 13.6 Å². The molecule has 3 atom stereocenters. The maximum Gasteiger partial charge on any atom is 0.238 e. The summed E-state index contributed by atoms with van der Waals surface area (Å²) < 4.78 is 23.0. The van der Waals surface area contributed by atoms with E-state index < -0.39 is 10.0 Å². The van der Waals surface area contributed by atoms with Gasteiger partial charge >= 0.3 is 0 Å². The Morgan fingerprint density at radius 3 is 2.62 bits per heavy atom. The Kier molecular flexibility index (Phi) is 3.61. The van der Waals surface area contributed by atoms with Crippen molar-refractivity contribution in [3.63, 3.8) is 0 Å². The summed E-state index contributed by atoms with van der Waals surface area (Å²) in [5.41, 5.74) is 7.35. The van der Waals surface area contributed by atoms with Gasteiger partial charge < -0.3 is 10.6 Å². The van der Waals surface area contributed by atoms with Crippen LogP contribution in [0.1, 0.15) is 25.7 Å². The maximum atomic E-state index is 11.5. The summed E-state index contributed by atoms with van der Waals surface area (Å²) >= 11 is 0. The highest BCUT2D eigenvalue weighted by Gasteiger charge is 2.39. The molecule has 2 fully saturated rings.